The Bertz CT molecular complexity index is 568. The van der Waals surface area contributed by atoms with Crippen molar-refractivity contribution in [1.29, 1.82) is 0 Å². The summed E-state index contributed by atoms with van der Waals surface area (Å²) in [5.74, 6) is 1.12. The molecular weight excluding hydrogens is 264 g/mol. The Labute approximate surface area is 125 Å². The van der Waals surface area contributed by atoms with Crippen LogP contribution in [0.2, 0.25) is 0 Å². The van der Waals surface area contributed by atoms with Crippen molar-refractivity contribution in [3.63, 3.8) is 0 Å². The van der Waals surface area contributed by atoms with Crippen LogP contribution in [0.5, 0.6) is 0 Å². The number of anilines is 2. The van der Waals surface area contributed by atoms with Gasteiger partial charge in [-0.3, -0.25) is 0 Å². The molecular formula is C17H20N2S. The second kappa shape index (κ2) is 6.23. The predicted octanol–water partition coefficient (Wildman–Crippen LogP) is 3.81. The molecule has 0 fully saturated rings. The van der Waals surface area contributed by atoms with Gasteiger partial charge in [0.15, 0.2) is 0 Å². The van der Waals surface area contributed by atoms with E-state index in [0.29, 0.717) is 0 Å². The van der Waals surface area contributed by atoms with Gasteiger partial charge in [0.05, 0.1) is 0 Å². The average molecular weight is 284 g/mol. The summed E-state index contributed by atoms with van der Waals surface area (Å²) in [5, 5.41) is 0. The van der Waals surface area contributed by atoms with Gasteiger partial charge < -0.3 is 10.6 Å². The fourth-order valence-electron chi connectivity index (χ4n) is 2.72. The Hall–Kier alpha value is -1.61. The monoisotopic (exact) mass is 284 g/mol. The van der Waals surface area contributed by atoms with Gasteiger partial charge >= 0.3 is 0 Å². The molecule has 2 aromatic carbocycles. The lowest BCUT2D eigenvalue weighted by atomic mass is 10.0. The molecule has 0 aromatic heterocycles. The summed E-state index contributed by atoms with van der Waals surface area (Å²) in [7, 11) is 0. The fraction of sp³-hybridized carbons (Fsp3) is 0.294. The Kier molecular flexibility index (Phi) is 4.16. The molecule has 0 amide bonds. The minimum atomic E-state index is 0.879. The third-order valence-electron chi connectivity index (χ3n) is 3.69. The first-order valence-electron chi connectivity index (χ1n) is 7.14. The first-order chi connectivity index (χ1) is 9.83. The number of thioether (sulfide) groups is 1. The number of nitrogen functional groups attached to an aromatic ring is 1. The smallest absolute Gasteiger partial charge is 0.0400 e. The number of rotatable bonds is 4. The lowest BCUT2D eigenvalue weighted by molar-refractivity contribution is 0.710. The van der Waals surface area contributed by atoms with Crippen molar-refractivity contribution >= 4 is 23.1 Å². The zero-order chi connectivity index (χ0) is 13.8. The molecule has 0 aliphatic carbocycles. The minimum Gasteiger partial charge on any atom is -0.399 e. The van der Waals surface area contributed by atoms with Crippen LogP contribution in [0.3, 0.4) is 0 Å². The molecule has 2 N–H and O–H groups in total. The number of hydrogen-bond donors (Lipinski definition) is 1. The van der Waals surface area contributed by atoms with Crippen LogP contribution in [0, 0.1) is 0 Å². The van der Waals surface area contributed by atoms with E-state index < -0.39 is 0 Å². The summed E-state index contributed by atoms with van der Waals surface area (Å²) in [6.45, 7) is 2.25. The van der Waals surface area contributed by atoms with Crippen molar-refractivity contribution in [2.24, 2.45) is 0 Å². The van der Waals surface area contributed by atoms with E-state index in [0.717, 1.165) is 31.0 Å². The van der Waals surface area contributed by atoms with Crippen molar-refractivity contribution in [3.05, 3.63) is 54.1 Å². The summed E-state index contributed by atoms with van der Waals surface area (Å²) in [6, 6.07) is 16.9. The van der Waals surface area contributed by atoms with Gasteiger partial charge in [-0.2, -0.15) is 0 Å². The first-order valence-corrected chi connectivity index (χ1v) is 8.13. The van der Waals surface area contributed by atoms with E-state index in [9.17, 15) is 0 Å². The zero-order valence-electron chi connectivity index (χ0n) is 11.6. The van der Waals surface area contributed by atoms with E-state index >= 15 is 0 Å². The normalized spacial score (nSPS) is 14.1. The lowest BCUT2D eigenvalue weighted by Gasteiger charge is -2.31. The molecule has 1 aliphatic heterocycles. The number of hydrogen-bond acceptors (Lipinski definition) is 3. The Morgan fingerprint density at radius 1 is 1.10 bits per heavy atom. The quantitative estimate of drug-likeness (QED) is 0.684. The Balaban J connectivity index is 1.62. The molecule has 0 saturated carbocycles. The second-order valence-electron chi connectivity index (χ2n) is 5.14. The standard InChI is InChI=1S/C17H20N2S/c18-15-8-9-17-14(13-15)5-4-10-19(17)11-12-20-16-6-2-1-3-7-16/h1-3,6-9,13H,4-5,10-12,18H2. The molecule has 3 rings (SSSR count). The van der Waals surface area contributed by atoms with Gasteiger partial charge in [0.1, 0.15) is 0 Å². The highest BCUT2D eigenvalue weighted by Crippen LogP contribution is 2.29. The largest absolute Gasteiger partial charge is 0.399 e. The molecule has 3 heteroatoms. The van der Waals surface area contributed by atoms with Crippen LogP contribution in [0.15, 0.2) is 53.4 Å². The second-order valence-corrected chi connectivity index (χ2v) is 6.31. The van der Waals surface area contributed by atoms with Gasteiger partial charge in [0.2, 0.25) is 0 Å². The third-order valence-corrected chi connectivity index (χ3v) is 4.68. The molecule has 104 valence electrons. The van der Waals surface area contributed by atoms with E-state index in [-0.39, 0.29) is 0 Å². The van der Waals surface area contributed by atoms with Gasteiger partial charge in [-0.1, -0.05) is 18.2 Å². The predicted molar refractivity (Wildman–Crippen MR) is 88.6 cm³/mol. The van der Waals surface area contributed by atoms with E-state index in [1.807, 2.05) is 17.8 Å². The van der Waals surface area contributed by atoms with Gasteiger partial charge in [-0.15, -0.1) is 11.8 Å². The molecule has 1 aliphatic rings. The maximum absolute atomic E-state index is 5.88. The average Bonchev–Trinajstić information content (AvgIpc) is 2.48. The molecule has 0 atom stereocenters. The number of fused-ring (bicyclic) bond motifs is 1. The van der Waals surface area contributed by atoms with Crippen molar-refractivity contribution in [2.45, 2.75) is 17.7 Å². The van der Waals surface area contributed by atoms with Crippen LogP contribution in [-0.4, -0.2) is 18.8 Å². The van der Waals surface area contributed by atoms with Crippen LogP contribution in [0.1, 0.15) is 12.0 Å². The zero-order valence-corrected chi connectivity index (χ0v) is 12.4. The molecule has 2 aromatic rings. The van der Waals surface area contributed by atoms with Gasteiger partial charge in [-0.25, -0.2) is 0 Å². The van der Waals surface area contributed by atoms with Gasteiger partial charge in [0.25, 0.3) is 0 Å². The SMILES string of the molecule is Nc1ccc2c(c1)CCCN2CCSc1ccccc1. The molecule has 0 radical (unpaired) electrons. The Morgan fingerprint density at radius 3 is 2.80 bits per heavy atom. The van der Waals surface area contributed by atoms with Crippen molar-refractivity contribution in [1.82, 2.24) is 0 Å². The van der Waals surface area contributed by atoms with E-state index in [1.165, 1.54) is 22.6 Å². The van der Waals surface area contributed by atoms with Gasteiger partial charge in [-0.05, 0) is 48.7 Å². The minimum absolute atomic E-state index is 0.879. The number of nitrogens with zero attached hydrogens (tertiary/aromatic N) is 1. The first kappa shape index (κ1) is 13.4. The van der Waals surface area contributed by atoms with Crippen molar-refractivity contribution in [3.8, 4) is 0 Å². The molecule has 0 saturated heterocycles. The highest BCUT2D eigenvalue weighted by atomic mass is 32.2. The van der Waals surface area contributed by atoms with Crippen LogP contribution in [0.4, 0.5) is 11.4 Å². The van der Waals surface area contributed by atoms with Crippen LogP contribution in [-0.2, 0) is 6.42 Å². The molecule has 0 spiro atoms. The van der Waals surface area contributed by atoms with Crippen LogP contribution in [0.25, 0.3) is 0 Å². The summed E-state index contributed by atoms with van der Waals surface area (Å²) < 4.78 is 0. The van der Waals surface area contributed by atoms with E-state index in [2.05, 4.69) is 47.4 Å². The maximum atomic E-state index is 5.88. The number of nitrogens with two attached hydrogens (primary N) is 1. The third kappa shape index (κ3) is 3.10. The topological polar surface area (TPSA) is 29.3 Å². The summed E-state index contributed by atoms with van der Waals surface area (Å²) in [6.07, 6.45) is 2.38. The molecule has 0 unspecified atom stereocenters. The van der Waals surface area contributed by atoms with E-state index in [4.69, 9.17) is 5.73 Å². The maximum Gasteiger partial charge on any atom is 0.0400 e. The number of aryl methyl sites for hydroxylation is 1. The van der Waals surface area contributed by atoms with Crippen molar-refractivity contribution in [2.75, 3.05) is 29.5 Å². The lowest BCUT2D eigenvalue weighted by Crippen LogP contribution is -2.31. The highest BCUT2D eigenvalue weighted by molar-refractivity contribution is 7.99. The molecule has 2 nitrogen and oxygen atoms in total. The number of benzene rings is 2. The van der Waals surface area contributed by atoms with Crippen LogP contribution < -0.4 is 10.6 Å². The summed E-state index contributed by atoms with van der Waals surface area (Å²) in [5.41, 5.74) is 9.54. The Morgan fingerprint density at radius 2 is 1.95 bits per heavy atom. The van der Waals surface area contributed by atoms with Gasteiger partial charge in [0, 0.05) is 35.1 Å². The molecule has 1 heterocycles. The fourth-order valence-corrected chi connectivity index (χ4v) is 3.61. The van der Waals surface area contributed by atoms with Crippen molar-refractivity contribution < 1.29 is 0 Å². The summed E-state index contributed by atoms with van der Waals surface area (Å²) in [4.78, 5) is 3.84. The summed E-state index contributed by atoms with van der Waals surface area (Å²) >= 11 is 1.93. The molecule has 0 bridgehead atoms. The van der Waals surface area contributed by atoms with Crippen LogP contribution >= 0.6 is 11.8 Å². The highest BCUT2D eigenvalue weighted by Gasteiger charge is 2.16. The van der Waals surface area contributed by atoms with E-state index in [1.54, 1.807) is 0 Å². The molecule has 20 heavy (non-hydrogen) atoms.